The molecule has 0 N–H and O–H groups in total. The molecule has 5 aromatic rings. The molecule has 5 rings (SSSR count). The van der Waals surface area contributed by atoms with E-state index in [2.05, 4.69) is 41.7 Å². The molecule has 2 heterocycles. The van der Waals surface area contributed by atoms with Gasteiger partial charge in [-0.15, -0.1) is 0 Å². The van der Waals surface area contributed by atoms with Crippen LogP contribution in [0.25, 0.3) is 33.5 Å². The highest BCUT2D eigenvalue weighted by molar-refractivity contribution is 9.10. The molecule has 204 valence electrons. The quantitative estimate of drug-likeness (QED) is 0.130. The molecule has 0 amide bonds. The first-order valence-electron chi connectivity index (χ1n) is 11.9. The molecular weight excluding hydrogens is 670 g/mol. The number of esters is 1. The SMILES string of the molecule is CCOc1cc(C=Nn2c(-c3cc4cc(Br)ccc4o3)nc3ccccc3c2=O)c(Br)c(Cl)c1OCC(=O)OC. The Labute approximate surface area is 249 Å². The van der Waals surface area contributed by atoms with Gasteiger partial charge in [-0.25, -0.2) is 9.78 Å². The van der Waals surface area contributed by atoms with Crippen LogP contribution in [0.5, 0.6) is 11.5 Å². The van der Waals surface area contributed by atoms with E-state index < -0.39 is 5.97 Å². The number of methoxy groups -OCH3 is 1. The van der Waals surface area contributed by atoms with Crippen LogP contribution in [0, 0.1) is 0 Å². The number of hydrogen-bond donors (Lipinski definition) is 0. The van der Waals surface area contributed by atoms with Crippen LogP contribution in [0.15, 0.2) is 77.9 Å². The summed E-state index contributed by atoms with van der Waals surface area (Å²) < 4.78 is 24.4. The third kappa shape index (κ3) is 5.49. The maximum absolute atomic E-state index is 13.6. The van der Waals surface area contributed by atoms with Crippen molar-refractivity contribution in [3.8, 4) is 23.1 Å². The molecule has 3 aromatic carbocycles. The minimum Gasteiger partial charge on any atom is -0.490 e. The highest BCUT2D eigenvalue weighted by Crippen LogP contribution is 2.42. The van der Waals surface area contributed by atoms with E-state index in [-0.39, 0.29) is 34.5 Å². The summed E-state index contributed by atoms with van der Waals surface area (Å²) in [6.45, 7) is 1.75. The predicted octanol–water partition coefficient (Wildman–Crippen LogP) is 6.82. The largest absolute Gasteiger partial charge is 0.490 e. The normalized spacial score (nSPS) is 11.4. The molecule has 9 nitrogen and oxygen atoms in total. The van der Waals surface area contributed by atoms with E-state index in [9.17, 15) is 9.59 Å². The minimum absolute atomic E-state index is 0.156. The van der Waals surface area contributed by atoms with Crippen molar-refractivity contribution in [2.45, 2.75) is 6.92 Å². The van der Waals surface area contributed by atoms with Crippen LogP contribution in [0.4, 0.5) is 0 Å². The summed E-state index contributed by atoms with van der Waals surface area (Å²) in [4.78, 5) is 29.9. The number of fused-ring (bicyclic) bond motifs is 2. The van der Waals surface area contributed by atoms with Gasteiger partial charge in [0.15, 0.2) is 23.9 Å². The smallest absolute Gasteiger partial charge is 0.343 e. The van der Waals surface area contributed by atoms with Crippen molar-refractivity contribution in [3.05, 3.63) is 84.5 Å². The Hall–Kier alpha value is -3.67. The maximum atomic E-state index is 13.6. The highest BCUT2D eigenvalue weighted by Gasteiger charge is 2.20. The van der Waals surface area contributed by atoms with Crippen molar-refractivity contribution in [2.75, 3.05) is 20.3 Å². The molecule has 0 radical (unpaired) electrons. The van der Waals surface area contributed by atoms with Crippen molar-refractivity contribution >= 4 is 77.5 Å². The Morgan fingerprint density at radius 2 is 1.95 bits per heavy atom. The fourth-order valence-corrected chi connectivity index (χ4v) is 4.95. The first kappa shape index (κ1) is 27.9. The van der Waals surface area contributed by atoms with Crippen molar-refractivity contribution in [1.29, 1.82) is 0 Å². The molecule has 40 heavy (non-hydrogen) atoms. The van der Waals surface area contributed by atoms with E-state index in [1.807, 2.05) is 18.2 Å². The first-order valence-corrected chi connectivity index (χ1v) is 13.9. The standard InChI is InChI=1S/C28H20Br2ClN3O6/c1-3-38-21-12-16(24(30)25(31)26(21)39-14-23(35)37-2)13-32-34-27(33-19-7-5-4-6-18(19)28(34)36)22-11-15-10-17(29)8-9-20(15)40-22/h4-13H,3,14H2,1-2H3. The van der Waals surface area contributed by atoms with Crippen molar-refractivity contribution in [3.63, 3.8) is 0 Å². The van der Waals surface area contributed by atoms with Crippen molar-refractivity contribution < 1.29 is 23.4 Å². The number of ether oxygens (including phenoxy) is 3. The fourth-order valence-electron chi connectivity index (χ4n) is 3.92. The monoisotopic (exact) mass is 687 g/mol. The van der Waals surface area contributed by atoms with Crippen molar-refractivity contribution in [1.82, 2.24) is 9.66 Å². The number of furan rings is 1. The maximum Gasteiger partial charge on any atom is 0.343 e. The summed E-state index contributed by atoms with van der Waals surface area (Å²) in [7, 11) is 1.26. The average molecular weight is 690 g/mol. The van der Waals surface area contributed by atoms with E-state index in [1.165, 1.54) is 18.0 Å². The molecule has 0 aliphatic carbocycles. The lowest BCUT2D eigenvalue weighted by Crippen LogP contribution is -2.20. The van der Waals surface area contributed by atoms with Gasteiger partial charge in [0.25, 0.3) is 5.56 Å². The minimum atomic E-state index is -0.575. The van der Waals surface area contributed by atoms with Crippen LogP contribution in [0.2, 0.25) is 5.02 Å². The third-order valence-electron chi connectivity index (χ3n) is 5.78. The molecule has 0 aliphatic heterocycles. The Morgan fingerprint density at radius 3 is 2.73 bits per heavy atom. The highest BCUT2D eigenvalue weighted by atomic mass is 79.9. The first-order chi connectivity index (χ1) is 19.3. The Morgan fingerprint density at radius 1 is 1.15 bits per heavy atom. The average Bonchev–Trinajstić information content (AvgIpc) is 3.37. The van der Waals surface area contributed by atoms with E-state index in [4.69, 9.17) is 30.5 Å². The van der Waals surface area contributed by atoms with Gasteiger partial charge in [-0.3, -0.25) is 4.79 Å². The van der Waals surface area contributed by atoms with Crippen LogP contribution in [0.3, 0.4) is 0 Å². The molecule has 0 saturated heterocycles. The number of carbonyl (C=O) groups excluding carboxylic acids is 1. The Balaban J connectivity index is 1.64. The van der Waals surface area contributed by atoms with Gasteiger partial charge in [0.2, 0.25) is 5.82 Å². The van der Waals surface area contributed by atoms with E-state index >= 15 is 0 Å². The molecule has 12 heteroatoms. The number of nitrogens with zero attached hydrogens (tertiary/aromatic N) is 3. The van der Waals surface area contributed by atoms with Crippen LogP contribution >= 0.6 is 43.5 Å². The lowest BCUT2D eigenvalue weighted by Gasteiger charge is -2.15. The summed E-state index contributed by atoms with van der Waals surface area (Å²) in [6, 6.07) is 16.0. The molecule has 0 unspecified atom stereocenters. The van der Waals surface area contributed by atoms with Crippen LogP contribution in [0.1, 0.15) is 12.5 Å². The number of rotatable bonds is 8. The van der Waals surface area contributed by atoms with Gasteiger partial charge in [0.05, 0.1) is 30.8 Å². The second kappa shape index (κ2) is 11.8. The van der Waals surface area contributed by atoms with E-state index in [0.29, 0.717) is 38.9 Å². The zero-order valence-electron chi connectivity index (χ0n) is 21.1. The molecule has 0 atom stereocenters. The van der Waals surface area contributed by atoms with Gasteiger partial charge >= 0.3 is 5.97 Å². The lowest BCUT2D eigenvalue weighted by molar-refractivity contribution is -0.142. The van der Waals surface area contributed by atoms with E-state index in [1.54, 1.807) is 43.3 Å². The summed E-state index contributed by atoms with van der Waals surface area (Å²) in [6.07, 6.45) is 1.45. The van der Waals surface area contributed by atoms with Gasteiger partial charge in [0.1, 0.15) is 10.6 Å². The summed E-state index contributed by atoms with van der Waals surface area (Å²) in [5, 5.41) is 5.88. The van der Waals surface area contributed by atoms with Gasteiger partial charge < -0.3 is 18.6 Å². The number of aromatic nitrogens is 2. The molecule has 0 spiro atoms. The number of carbonyl (C=O) groups is 1. The number of para-hydroxylation sites is 1. The molecule has 2 aromatic heterocycles. The van der Waals surface area contributed by atoms with E-state index in [0.717, 1.165) is 9.86 Å². The van der Waals surface area contributed by atoms with Crippen molar-refractivity contribution in [2.24, 2.45) is 5.10 Å². The third-order valence-corrected chi connectivity index (χ3v) is 7.72. The molecule has 0 saturated carbocycles. The van der Waals surface area contributed by atoms with Gasteiger partial charge in [-0.05, 0) is 65.3 Å². The number of halogens is 3. The fraction of sp³-hybridized carbons (Fsp3) is 0.143. The predicted molar refractivity (Wildman–Crippen MR) is 160 cm³/mol. The molecule has 0 fully saturated rings. The van der Waals surface area contributed by atoms with Crippen LogP contribution < -0.4 is 15.0 Å². The molecular formula is C28H20Br2ClN3O6. The lowest BCUT2D eigenvalue weighted by atomic mass is 10.2. The number of hydrogen-bond acceptors (Lipinski definition) is 8. The molecule has 0 aliphatic rings. The van der Waals surface area contributed by atoms with Gasteiger partial charge in [-0.1, -0.05) is 39.7 Å². The van der Waals surface area contributed by atoms with Crippen LogP contribution in [-0.2, 0) is 9.53 Å². The number of benzene rings is 3. The Bertz CT molecular complexity index is 1850. The van der Waals surface area contributed by atoms with Crippen LogP contribution in [-0.4, -0.2) is 42.2 Å². The second-order valence-electron chi connectivity index (χ2n) is 8.33. The van der Waals surface area contributed by atoms with Gasteiger partial charge in [-0.2, -0.15) is 9.78 Å². The second-order valence-corrected chi connectivity index (χ2v) is 10.4. The van der Waals surface area contributed by atoms with Gasteiger partial charge in [0, 0.05) is 19.9 Å². The summed E-state index contributed by atoms with van der Waals surface area (Å²) in [5.41, 5.74) is 1.24. The summed E-state index contributed by atoms with van der Waals surface area (Å²) in [5.74, 6) is 0.461. The molecule has 0 bridgehead atoms. The Kier molecular flexibility index (Phi) is 8.24. The topological polar surface area (TPSA) is 105 Å². The zero-order valence-corrected chi connectivity index (χ0v) is 25.0. The zero-order chi connectivity index (χ0) is 28.4. The summed E-state index contributed by atoms with van der Waals surface area (Å²) >= 11 is 13.5.